The van der Waals surface area contributed by atoms with Crippen molar-refractivity contribution in [2.75, 3.05) is 12.8 Å². The van der Waals surface area contributed by atoms with Crippen molar-refractivity contribution in [2.24, 2.45) is 0 Å². The van der Waals surface area contributed by atoms with E-state index in [2.05, 4.69) is 25.0 Å². The number of methoxy groups -OCH3 is 1. The number of rotatable bonds is 6. The lowest BCUT2D eigenvalue weighted by Gasteiger charge is -2.12. The van der Waals surface area contributed by atoms with Crippen LogP contribution in [0.4, 0.5) is 5.82 Å². The second-order valence-corrected chi connectivity index (χ2v) is 3.48. The van der Waals surface area contributed by atoms with Gasteiger partial charge in [-0.05, 0) is 16.7 Å². The molecule has 1 rings (SSSR count). The smallest absolute Gasteiger partial charge is 0.326 e. The van der Waals surface area contributed by atoms with Gasteiger partial charge in [-0.2, -0.15) is 0 Å². The minimum Gasteiger partial charge on any atom is -0.480 e. The molecule has 1 unspecified atom stereocenters. The highest BCUT2D eigenvalue weighted by molar-refractivity contribution is 5.98. The van der Waals surface area contributed by atoms with E-state index < -0.39 is 23.9 Å². The predicted molar refractivity (Wildman–Crippen MR) is 58.9 cm³/mol. The van der Waals surface area contributed by atoms with Gasteiger partial charge in [-0.1, -0.05) is 0 Å². The van der Waals surface area contributed by atoms with Crippen LogP contribution in [0, 0.1) is 0 Å². The SMILES string of the molecule is COC(=O)CCC(NC(=O)c1nonc1N)C(=O)O. The van der Waals surface area contributed by atoms with E-state index in [1.54, 1.807) is 0 Å². The number of amides is 1. The first-order chi connectivity index (χ1) is 8.95. The molecule has 0 aliphatic rings. The van der Waals surface area contributed by atoms with Gasteiger partial charge in [0, 0.05) is 6.42 Å². The molecule has 104 valence electrons. The van der Waals surface area contributed by atoms with Gasteiger partial charge in [-0.3, -0.25) is 9.59 Å². The van der Waals surface area contributed by atoms with Crippen molar-refractivity contribution in [3.05, 3.63) is 5.69 Å². The Morgan fingerprint density at radius 2 is 2.16 bits per heavy atom. The maximum Gasteiger partial charge on any atom is 0.326 e. The van der Waals surface area contributed by atoms with E-state index in [4.69, 9.17) is 10.8 Å². The summed E-state index contributed by atoms with van der Waals surface area (Å²) in [5.74, 6) is -2.99. The standard InChI is InChI=1S/C9H12N4O6/c1-18-5(14)3-2-4(9(16)17)11-8(15)6-7(10)13-19-12-6/h4H,2-3H2,1H3,(H2,10,13)(H,11,15)(H,16,17). The zero-order chi connectivity index (χ0) is 14.4. The van der Waals surface area contributed by atoms with Gasteiger partial charge in [0.2, 0.25) is 11.5 Å². The summed E-state index contributed by atoms with van der Waals surface area (Å²) in [6.07, 6.45) is -0.279. The lowest BCUT2D eigenvalue weighted by Crippen LogP contribution is -2.41. The highest BCUT2D eigenvalue weighted by atomic mass is 16.6. The number of carboxylic acid groups (broad SMARTS) is 1. The van der Waals surface area contributed by atoms with Gasteiger partial charge in [-0.15, -0.1) is 0 Å². The maximum atomic E-state index is 11.6. The molecule has 0 spiro atoms. The van der Waals surface area contributed by atoms with Crippen LogP contribution in [0.1, 0.15) is 23.3 Å². The Morgan fingerprint density at radius 1 is 1.47 bits per heavy atom. The van der Waals surface area contributed by atoms with Crippen molar-refractivity contribution in [1.29, 1.82) is 0 Å². The first kappa shape index (κ1) is 14.4. The first-order valence-corrected chi connectivity index (χ1v) is 5.14. The second-order valence-electron chi connectivity index (χ2n) is 3.48. The number of anilines is 1. The van der Waals surface area contributed by atoms with E-state index in [1.165, 1.54) is 7.11 Å². The number of nitrogen functional groups attached to an aromatic ring is 1. The van der Waals surface area contributed by atoms with Crippen LogP contribution >= 0.6 is 0 Å². The second kappa shape index (κ2) is 6.33. The molecule has 10 nitrogen and oxygen atoms in total. The van der Waals surface area contributed by atoms with Crippen molar-refractivity contribution >= 4 is 23.7 Å². The summed E-state index contributed by atoms with van der Waals surface area (Å²) in [7, 11) is 1.18. The highest BCUT2D eigenvalue weighted by Crippen LogP contribution is 2.06. The molecule has 0 aliphatic carbocycles. The number of carbonyl (C=O) groups is 3. The Labute approximate surface area is 106 Å². The fourth-order valence-corrected chi connectivity index (χ4v) is 1.20. The Balaban J connectivity index is 2.64. The average Bonchev–Trinajstić information content (AvgIpc) is 2.79. The van der Waals surface area contributed by atoms with Crippen molar-refractivity contribution in [3.8, 4) is 0 Å². The molecule has 1 atom stereocenters. The van der Waals surface area contributed by atoms with Crippen LogP contribution in [-0.4, -0.2) is 46.4 Å². The number of nitrogens with two attached hydrogens (primary N) is 1. The van der Waals surface area contributed by atoms with Crippen molar-refractivity contribution in [2.45, 2.75) is 18.9 Å². The van der Waals surface area contributed by atoms with Crippen LogP contribution in [-0.2, 0) is 14.3 Å². The van der Waals surface area contributed by atoms with E-state index in [9.17, 15) is 14.4 Å². The summed E-state index contributed by atoms with van der Waals surface area (Å²) in [5.41, 5.74) is 4.97. The highest BCUT2D eigenvalue weighted by Gasteiger charge is 2.25. The number of nitrogens with zero attached hydrogens (tertiary/aromatic N) is 2. The van der Waals surface area contributed by atoms with Crippen molar-refractivity contribution < 1.29 is 28.9 Å². The third kappa shape index (κ3) is 3.94. The number of hydrogen-bond donors (Lipinski definition) is 3. The lowest BCUT2D eigenvalue weighted by atomic mass is 10.1. The molecule has 1 heterocycles. The zero-order valence-corrected chi connectivity index (χ0v) is 9.95. The summed E-state index contributed by atoms with van der Waals surface area (Å²) in [6, 6.07) is -1.28. The van der Waals surface area contributed by atoms with Crippen LogP contribution in [0.5, 0.6) is 0 Å². The van der Waals surface area contributed by atoms with Gasteiger partial charge in [0.25, 0.3) is 5.91 Å². The van der Waals surface area contributed by atoms with E-state index in [-0.39, 0.29) is 24.4 Å². The molecule has 10 heteroatoms. The Morgan fingerprint density at radius 3 is 2.63 bits per heavy atom. The fourth-order valence-electron chi connectivity index (χ4n) is 1.20. The number of ether oxygens (including phenoxy) is 1. The monoisotopic (exact) mass is 272 g/mol. The topological polar surface area (TPSA) is 158 Å². The van der Waals surface area contributed by atoms with E-state index in [0.717, 1.165) is 0 Å². The zero-order valence-electron chi connectivity index (χ0n) is 9.95. The van der Waals surface area contributed by atoms with E-state index in [0.29, 0.717) is 0 Å². The summed E-state index contributed by atoms with van der Waals surface area (Å²) in [4.78, 5) is 33.5. The molecular weight excluding hydrogens is 260 g/mol. The summed E-state index contributed by atoms with van der Waals surface area (Å²) >= 11 is 0. The molecule has 0 radical (unpaired) electrons. The Hall–Kier alpha value is -2.65. The van der Waals surface area contributed by atoms with Crippen LogP contribution in [0.15, 0.2) is 4.63 Å². The van der Waals surface area contributed by atoms with Crippen molar-refractivity contribution in [1.82, 2.24) is 15.6 Å². The van der Waals surface area contributed by atoms with Gasteiger partial charge in [0.05, 0.1) is 7.11 Å². The van der Waals surface area contributed by atoms with Gasteiger partial charge in [0.15, 0.2) is 0 Å². The first-order valence-electron chi connectivity index (χ1n) is 5.14. The number of esters is 1. The number of aliphatic carboxylic acids is 1. The van der Waals surface area contributed by atoms with Gasteiger partial charge in [0.1, 0.15) is 6.04 Å². The molecule has 1 aromatic rings. The summed E-state index contributed by atoms with van der Waals surface area (Å²) in [5, 5.41) is 17.5. The molecule has 0 bridgehead atoms. The minimum absolute atomic E-state index is 0.126. The molecular formula is C9H12N4O6. The predicted octanol–water partition coefficient (Wildman–Crippen LogP) is -1.21. The van der Waals surface area contributed by atoms with Crippen LogP contribution in [0.3, 0.4) is 0 Å². The quantitative estimate of drug-likeness (QED) is 0.540. The van der Waals surface area contributed by atoms with Gasteiger partial charge in [-0.25, -0.2) is 9.42 Å². The van der Waals surface area contributed by atoms with Crippen LogP contribution < -0.4 is 11.1 Å². The van der Waals surface area contributed by atoms with Crippen LogP contribution in [0.2, 0.25) is 0 Å². The molecule has 0 saturated carbocycles. The largest absolute Gasteiger partial charge is 0.480 e. The van der Waals surface area contributed by atoms with Crippen LogP contribution in [0.25, 0.3) is 0 Å². The molecule has 0 aliphatic heterocycles. The molecule has 1 amide bonds. The molecule has 19 heavy (non-hydrogen) atoms. The maximum absolute atomic E-state index is 11.6. The minimum atomic E-state index is -1.30. The Kier molecular flexibility index (Phi) is 4.80. The fraction of sp³-hybridized carbons (Fsp3) is 0.444. The number of carbonyl (C=O) groups excluding carboxylic acids is 2. The Bertz CT molecular complexity index is 485. The van der Waals surface area contributed by atoms with Crippen molar-refractivity contribution in [3.63, 3.8) is 0 Å². The molecule has 0 fully saturated rings. The van der Waals surface area contributed by atoms with Gasteiger partial charge < -0.3 is 20.9 Å². The molecule has 1 aromatic heterocycles. The third-order valence-corrected chi connectivity index (χ3v) is 2.20. The lowest BCUT2D eigenvalue weighted by molar-refractivity contribution is -0.142. The number of hydrogen-bond acceptors (Lipinski definition) is 8. The summed E-state index contributed by atoms with van der Waals surface area (Å²) < 4.78 is 8.59. The number of aromatic nitrogens is 2. The van der Waals surface area contributed by atoms with E-state index >= 15 is 0 Å². The molecule has 0 aromatic carbocycles. The third-order valence-electron chi connectivity index (χ3n) is 2.20. The summed E-state index contributed by atoms with van der Waals surface area (Å²) in [6.45, 7) is 0. The van der Waals surface area contributed by atoms with Gasteiger partial charge >= 0.3 is 11.9 Å². The number of nitrogens with one attached hydrogen (secondary N) is 1. The van der Waals surface area contributed by atoms with E-state index in [1.807, 2.05) is 0 Å². The number of carboxylic acids is 1. The normalized spacial score (nSPS) is 11.6. The average molecular weight is 272 g/mol. The molecule has 4 N–H and O–H groups in total. The molecule has 0 saturated heterocycles.